The number of nitrogens with zero attached hydrogens (tertiary/aromatic N) is 2. The molecule has 0 bridgehead atoms. The predicted molar refractivity (Wildman–Crippen MR) is 143 cm³/mol. The van der Waals surface area contributed by atoms with Crippen LogP contribution in [-0.2, 0) is 25.6 Å². The molecule has 0 aromatic carbocycles. The van der Waals surface area contributed by atoms with E-state index in [4.69, 9.17) is 17.2 Å². The van der Waals surface area contributed by atoms with Crippen molar-refractivity contribution in [2.24, 2.45) is 34.0 Å². The number of carbonyl (C=O) groups is 4. The quantitative estimate of drug-likeness (QED) is 0.0686. The van der Waals surface area contributed by atoms with Crippen molar-refractivity contribution in [3.05, 3.63) is 18.2 Å². The van der Waals surface area contributed by atoms with E-state index in [2.05, 4.69) is 30.9 Å². The molecule has 0 fully saturated rings. The number of nitrogens with two attached hydrogens (primary N) is 3. The molecule has 11 N–H and O–H groups in total. The van der Waals surface area contributed by atoms with Crippen molar-refractivity contribution >= 4 is 29.7 Å². The van der Waals surface area contributed by atoms with Crippen LogP contribution in [0.3, 0.4) is 0 Å². The van der Waals surface area contributed by atoms with Gasteiger partial charge in [-0.15, -0.1) is 0 Å². The Balaban J connectivity index is 3.12. The molecule has 1 aromatic rings. The van der Waals surface area contributed by atoms with Crippen LogP contribution in [-0.4, -0.2) is 75.4 Å². The second-order valence-corrected chi connectivity index (χ2v) is 9.80. The molecule has 38 heavy (non-hydrogen) atoms. The smallest absolute Gasteiger partial charge is 0.326 e. The number of amides is 3. The summed E-state index contributed by atoms with van der Waals surface area (Å²) in [5.74, 6) is -3.28. The number of H-pyrrole nitrogens is 1. The maximum atomic E-state index is 13.4. The first kappa shape index (κ1) is 32.3. The summed E-state index contributed by atoms with van der Waals surface area (Å²) in [5.41, 5.74) is 17.3. The third kappa shape index (κ3) is 11.6. The molecule has 1 heterocycles. The van der Waals surface area contributed by atoms with Crippen LogP contribution in [0.4, 0.5) is 0 Å². The van der Waals surface area contributed by atoms with Crippen molar-refractivity contribution in [3.63, 3.8) is 0 Å². The standard InChI is InChI=1S/C24H43N9O5/c1-5-14(4)19(23(37)38)33-21(35)17(7-6-8-29-24(26)27)31-22(36)18(10-15-11-28-12-30-15)32-20(34)16(25)9-13(2)3/h11-14,16-19H,5-10,25H2,1-4H3,(H,28,30)(H,31,36)(H,32,34)(H,33,35)(H,37,38)(H4,26,27,29). The van der Waals surface area contributed by atoms with Gasteiger partial charge in [0.05, 0.1) is 12.4 Å². The zero-order valence-corrected chi connectivity index (χ0v) is 22.6. The maximum Gasteiger partial charge on any atom is 0.326 e. The molecule has 214 valence electrons. The number of carboxylic acids is 1. The fourth-order valence-corrected chi connectivity index (χ4v) is 3.70. The lowest BCUT2D eigenvalue weighted by Crippen LogP contribution is -2.58. The number of hydrogen-bond donors (Lipinski definition) is 8. The fraction of sp³-hybridized carbons (Fsp3) is 0.667. The molecule has 1 rings (SSSR count). The Bertz CT molecular complexity index is 932. The van der Waals surface area contributed by atoms with E-state index in [0.717, 1.165) is 0 Å². The third-order valence-corrected chi connectivity index (χ3v) is 6.03. The summed E-state index contributed by atoms with van der Waals surface area (Å²) in [6.07, 6.45) is 4.42. The van der Waals surface area contributed by atoms with Gasteiger partial charge in [0.15, 0.2) is 5.96 Å². The summed E-state index contributed by atoms with van der Waals surface area (Å²) in [7, 11) is 0. The molecule has 0 radical (unpaired) electrons. The Kier molecular flexibility index (Phi) is 13.8. The molecule has 14 heteroatoms. The summed E-state index contributed by atoms with van der Waals surface area (Å²) in [6.45, 7) is 7.58. The highest BCUT2D eigenvalue weighted by Crippen LogP contribution is 2.10. The second kappa shape index (κ2) is 16.2. The number of guanidine groups is 1. The molecule has 0 aliphatic heterocycles. The van der Waals surface area contributed by atoms with E-state index in [1.165, 1.54) is 12.5 Å². The van der Waals surface area contributed by atoms with Crippen molar-refractivity contribution < 1.29 is 24.3 Å². The van der Waals surface area contributed by atoms with Gasteiger partial charge >= 0.3 is 5.97 Å². The molecular formula is C24H43N9O5. The van der Waals surface area contributed by atoms with Crippen LogP contribution in [0.15, 0.2) is 17.5 Å². The summed E-state index contributed by atoms with van der Waals surface area (Å²) in [6, 6.07) is -4.14. The number of aliphatic carboxylic acids is 1. The zero-order valence-electron chi connectivity index (χ0n) is 22.6. The zero-order chi connectivity index (χ0) is 28.8. The van der Waals surface area contributed by atoms with Gasteiger partial charge in [0, 0.05) is 24.9 Å². The lowest BCUT2D eigenvalue weighted by atomic mass is 9.98. The van der Waals surface area contributed by atoms with E-state index in [1.807, 2.05) is 20.8 Å². The highest BCUT2D eigenvalue weighted by Gasteiger charge is 2.32. The Morgan fingerprint density at radius 1 is 1.05 bits per heavy atom. The van der Waals surface area contributed by atoms with Crippen LogP contribution in [0, 0.1) is 11.8 Å². The van der Waals surface area contributed by atoms with Gasteiger partial charge in [0.25, 0.3) is 0 Å². The van der Waals surface area contributed by atoms with Crippen molar-refractivity contribution in [1.29, 1.82) is 0 Å². The van der Waals surface area contributed by atoms with E-state index in [0.29, 0.717) is 25.0 Å². The van der Waals surface area contributed by atoms with Gasteiger partial charge in [0.1, 0.15) is 18.1 Å². The Labute approximate surface area is 223 Å². The number of aliphatic imine (C=N–C) groups is 1. The van der Waals surface area contributed by atoms with Crippen LogP contribution in [0.5, 0.6) is 0 Å². The van der Waals surface area contributed by atoms with Gasteiger partial charge < -0.3 is 43.2 Å². The predicted octanol–water partition coefficient (Wildman–Crippen LogP) is -1.04. The topological polar surface area (TPSA) is 244 Å². The average molecular weight is 538 g/mol. The van der Waals surface area contributed by atoms with Gasteiger partial charge in [-0.3, -0.25) is 19.4 Å². The molecule has 0 saturated heterocycles. The number of aromatic nitrogens is 2. The number of carbonyl (C=O) groups excluding carboxylic acids is 3. The van der Waals surface area contributed by atoms with E-state index in [9.17, 15) is 24.3 Å². The summed E-state index contributed by atoms with van der Waals surface area (Å²) >= 11 is 0. The lowest BCUT2D eigenvalue weighted by Gasteiger charge is -2.26. The lowest BCUT2D eigenvalue weighted by molar-refractivity contribution is -0.144. The highest BCUT2D eigenvalue weighted by atomic mass is 16.4. The molecule has 3 amide bonds. The number of nitrogens with one attached hydrogen (secondary N) is 4. The average Bonchev–Trinajstić information content (AvgIpc) is 3.35. The molecule has 0 aliphatic rings. The molecular weight excluding hydrogens is 494 g/mol. The number of imidazole rings is 1. The summed E-state index contributed by atoms with van der Waals surface area (Å²) in [4.78, 5) is 61.7. The van der Waals surface area contributed by atoms with Crippen LogP contribution in [0.1, 0.15) is 59.1 Å². The minimum atomic E-state index is -1.18. The van der Waals surface area contributed by atoms with Gasteiger partial charge in [-0.1, -0.05) is 34.1 Å². The molecule has 5 unspecified atom stereocenters. The van der Waals surface area contributed by atoms with Gasteiger partial charge in [0.2, 0.25) is 17.7 Å². The molecule has 0 aliphatic carbocycles. The third-order valence-electron chi connectivity index (χ3n) is 6.03. The Morgan fingerprint density at radius 2 is 1.68 bits per heavy atom. The first-order valence-corrected chi connectivity index (χ1v) is 12.8. The first-order chi connectivity index (χ1) is 17.8. The number of rotatable bonds is 17. The fourth-order valence-electron chi connectivity index (χ4n) is 3.70. The number of carboxylic acid groups (broad SMARTS) is 1. The van der Waals surface area contributed by atoms with Gasteiger partial charge in [-0.25, -0.2) is 9.78 Å². The minimum Gasteiger partial charge on any atom is -0.480 e. The van der Waals surface area contributed by atoms with E-state index in [-0.39, 0.29) is 37.2 Å². The number of aromatic amines is 1. The maximum absolute atomic E-state index is 13.4. The van der Waals surface area contributed by atoms with E-state index >= 15 is 0 Å². The molecule has 14 nitrogen and oxygen atoms in total. The van der Waals surface area contributed by atoms with Crippen LogP contribution >= 0.6 is 0 Å². The number of hydrogen-bond acceptors (Lipinski definition) is 7. The van der Waals surface area contributed by atoms with E-state index in [1.54, 1.807) is 6.92 Å². The van der Waals surface area contributed by atoms with Crippen LogP contribution in [0.25, 0.3) is 0 Å². The van der Waals surface area contributed by atoms with Crippen molar-refractivity contribution in [2.75, 3.05) is 6.54 Å². The Morgan fingerprint density at radius 3 is 2.21 bits per heavy atom. The SMILES string of the molecule is CCC(C)C(NC(=O)C(CCCN=C(N)N)NC(=O)C(Cc1cnc[nH]1)NC(=O)C(N)CC(C)C)C(=O)O. The van der Waals surface area contributed by atoms with Crippen molar-refractivity contribution in [1.82, 2.24) is 25.9 Å². The van der Waals surface area contributed by atoms with E-state index < -0.39 is 47.9 Å². The Hall–Kier alpha value is -3.68. The minimum absolute atomic E-state index is 0.0684. The molecule has 0 saturated carbocycles. The molecule has 0 spiro atoms. The van der Waals surface area contributed by atoms with Crippen molar-refractivity contribution in [3.8, 4) is 0 Å². The molecule has 1 aromatic heterocycles. The monoisotopic (exact) mass is 537 g/mol. The van der Waals surface area contributed by atoms with Crippen LogP contribution < -0.4 is 33.2 Å². The summed E-state index contributed by atoms with van der Waals surface area (Å²) < 4.78 is 0. The second-order valence-electron chi connectivity index (χ2n) is 9.80. The van der Waals surface area contributed by atoms with Gasteiger partial charge in [-0.2, -0.15) is 0 Å². The normalized spacial score (nSPS) is 15.0. The van der Waals surface area contributed by atoms with Crippen LogP contribution in [0.2, 0.25) is 0 Å². The largest absolute Gasteiger partial charge is 0.480 e. The summed E-state index contributed by atoms with van der Waals surface area (Å²) in [5, 5.41) is 17.4. The van der Waals surface area contributed by atoms with Crippen molar-refractivity contribution in [2.45, 2.75) is 84.0 Å². The first-order valence-electron chi connectivity index (χ1n) is 12.8. The van der Waals surface area contributed by atoms with Gasteiger partial charge in [-0.05, 0) is 31.1 Å². The molecule has 5 atom stereocenters. The highest BCUT2D eigenvalue weighted by molar-refractivity contribution is 5.94.